The van der Waals surface area contributed by atoms with Crippen LogP contribution in [0.4, 0.5) is 5.69 Å². The largest absolute Gasteiger partial charge is 0.493 e. The molecule has 3 heteroatoms. The molecule has 1 fully saturated rings. The second kappa shape index (κ2) is 6.29. The lowest BCUT2D eigenvalue weighted by atomic mass is 10.1. The molecule has 1 aromatic carbocycles. The molecular weight excluding hydrogens is 248 g/mol. The fraction of sp³-hybridized carbons (Fsp3) is 0.588. The summed E-state index contributed by atoms with van der Waals surface area (Å²) in [6, 6.07) is 4.22. The number of hydrogen-bond acceptors (Lipinski definition) is 2. The number of benzene rings is 1. The Hall–Kier alpha value is -1.51. The van der Waals surface area contributed by atoms with Gasteiger partial charge in [0, 0.05) is 13.6 Å². The average Bonchev–Trinajstić information content (AvgIpc) is 3.13. The highest BCUT2D eigenvalue weighted by Gasteiger charge is 2.33. The Balaban J connectivity index is 2.05. The van der Waals surface area contributed by atoms with Crippen molar-refractivity contribution in [3.63, 3.8) is 0 Å². The van der Waals surface area contributed by atoms with Crippen LogP contribution in [0.15, 0.2) is 17.1 Å². The van der Waals surface area contributed by atoms with Crippen LogP contribution in [0.3, 0.4) is 0 Å². The molecule has 0 aromatic heterocycles. The predicted molar refractivity (Wildman–Crippen MR) is 85.1 cm³/mol. The van der Waals surface area contributed by atoms with Gasteiger partial charge >= 0.3 is 0 Å². The van der Waals surface area contributed by atoms with Crippen molar-refractivity contribution < 1.29 is 4.74 Å². The van der Waals surface area contributed by atoms with Gasteiger partial charge < -0.3 is 9.64 Å². The molecule has 0 saturated heterocycles. The Morgan fingerprint density at radius 2 is 2.05 bits per heavy atom. The molecule has 0 N–H and O–H groups in total. The van der Waals surface area contributed by atoms with Gasteiger partial charge in [0.1, 0.15) is 5.75 Å². The van der Waals surface area contributed by atoms with Gasteiger partial charge in [-0.3, -0.25) is 0 Å². The van der Waals surface area contributed by atoms with E-state index in [9.17, 15) is 0 Å². The van der Waals surface area contributed by atoms with Crippen LogP contribution in [-0.2, 0) is 0 Å². The van der Waals surface area contributed by atoms with Crippen molar-refractivity contribution in [2.75, 3.05) is 20.2 Å². The van der Waals surface area contributed by atoms with Crippen LogP contribution in [-0.4, -0.2) is 31.4 Å². The second-order valence-corrected chi connectivity index (χ2v) is 6.01. The summed E-state index contributed by atoms with van der Waals surface area (Å²) in [6.07, 6.45) is 3.19. The molecule has 2 rings (SSSR count). The molecule has 0 spiro atoms. The molecule has 1 aliphatic carbocycles. The average molecular weight is 274 g/mol. The summed E-state index contributed by atoms with van der Waals surface area (Å²) in [7, 11) is 2.03. The van der Waals surface area contributed by atoms with Gasteiger partial charge in [0.15, 0.2) is 0 Å². The first-order valence-electron chi connectivity index (χ1n) is 7.49. The first-order chi connectivity index (χ1) is 9.51. The third-order valence-corrected chi connectivity index (χ3v) is 4.12. The standard InChI is InChI=1S/C17H26N2O/c1-6-19(5)11-18-16-8-14(4)17(9-13(16)3)20-10-15-7-12(15)2/h8-9,11-12,15H,6-7,10H2,1-5H3. The predicted octanol–water partition coefficient (Wildman–Crippen LogP) is 3.95. The molecular formula is C17H26N2O. The van der Waals surface area contributed by atoms with Crippen LogP contribution in [0.25, 0.3) is 0 Å². The lowest BCUT2D eigenvalue weighted by Crippen LogP contribution is -2.14. The number of ether oxygens (including phenoxy) is 1. The van der Waals surface area contributed by atoms with Crippen molar-refractivity contribution in [1.29, 1.82) is 0 Å². The third-order valence-electron chi connectivity index (χ3n) is 4.12. The van der Waals surface area contributed by atoms with Crippen molar-refractivity contribution in [2.24, 2.45) is 16.8 Å². The van der Waals surface area contributed by atoms with Crippen LogP contribution >= 0.6 is 0 Å². The molecule has 20 heavy (non-hydrogen) atoms. The Labute approximate surface area is 122 Å². The molecule has 0 radical (unpaired) electrons. The Bertz CT molecular complexity index is 496. The van der Waals surface area contributed by atoms with Crippen LogP contribution in [0.1, 0.15) is 31.4 Å². The van der Waals surface area contributed by atoms with Gasteiger partial charge in [0.25, 0.3) is 0 Å². The molecule has 0 heterocycles. The van der Waals surface area contributed by atoms with Crippen molar-refractivity contribution in [2.45, 2.75) is 34.1 Å². The van der Waals surface area contributed by atoms with Gasteiger partial charge in [-0.2, -0.15) is 0 Å². The maximum Gasteiger partial charge on any atom is 0.122 e. The van der Waals surface area contributed by atoms with E-state index in [-0.39, 0.29) is 0 Å². The van der Waals surface area contributed by atoms with E-state index in [0.29, 0.717) is 0 Å². The summed E-state index contributed by atoms with van der Waals surface area (Å²) in [5.41, 5.74) is 3.35. The van der Waals surface area contributed by atoms with Gasteiger partial charge in [0.2, 0.25) is 0 Å². The van der Waals surface area contributed by atoms with E-state index >= 15 is 0 Å². The number of aliphatic imine (C=N–C) groups is 1. The van der Waals surface area contributed by atoms with E-state index in [2.05, 4.69) is 49.7 Å². The maximum absolute atomic E-state index is 5.95. The minimum Gasteiger partial charge on any atom is -0.493 e. The number of rotatable bonds is 6. The monoisotopic (exact) mass is 274 g/mol. The molecule has 0 bridgehead atoms. The maximum atomic E-state index is 5.95. The van der Waals surface area contributed by atoms with Crippen LogP contribution < -0.4 is 4.74 Å². The van der Waals surface area contributed by atoms with Crippen molar-refractivity contribution >= 4 is 12.0 Å². The number of aryl methyl sites for hydroxylation is 2. The summed E-state index contributed by atoms with van der Waals surface area (Å²) in [6.45, 7) is 10.4. The molecule has 0 amide bonds. The summed E-state index contributed by atoms with van der Waals surface area (Å²) in [5.74, 6) is 2.60. The van der Waals surface area contributed by atoms with Crippen molar-refractivity contribution in [1.82, 2.24) is 4.90 Å². The van der Waals surface area contributed by atoms with Crippen LogP contribution in [0.2, 0.25) is 0 Å². The van der Waals surface area contributed by atoms with Gasteiger partial charge in [-0.1, -0.05) is 6.92 Å². The summed E-state index contributed by atoms with van der Waals surface area (Å²) >= 11 is 0. The van der Waals surface area contributed by atoms with Gasteiger partial charge in [-0.15, -0.1) is 0 Å². The molecule has 1 aromatic rings. The topological polar surface area (TPSA) is 24.8 Å². The molecule has 2 atom stereocenters. The SMILES string of the molecule is CCN(C)C=Nc1cc(C)c(OCC2CC2C)cc1C. The second-order valence-electron chi connectivity index (χ2n) is 6.01. The minimum atomic E-state index is 0.755. The molecule has 110 valence electrons. The first-order valence-corrected chi connectivity index (χ1v) is 7.49. The minimum absolute atomic E-state index is 0.755. The zero-order valence-electron chi connectivity index (χ0n) is 13.3. The summed E-state index contributed by atoms with van der Waals surface area (Å²) in [5, 5.41) is 0. The number of hydrogen-bond donors (Lipinski definition) is 0. The molecule has 1 aliphatic rings. The molecule has 0 aliphatic heterocycles. The Kier molecular flexibility index (Phi) is 4.69. The Morgan fingerprint density at radius 3 is 2.65 bits per heavy atom. The van der Waals surface area contributed by atoms with E-state index < -0.39 is 0 Å². The quantitative estimate of drug-likeness (QED) is 0.579. The first kappa shape index (κ1) is 14.9. The highest BCUT2D eigenvalue weighted by molar-refractivity contribution is 5.64. The molecule has 3 nitrogen and oxygen atoms in total. The molecule has 1 saturated carbocycles. The lowest BCUT2D eigenvalue weighted by Gasteiger charge is -2.13. The zero-order chi connectivity index (χ0) is 14.7. The van der Waals surface area contributed by atoms with E-state index in [0.717, 1.165) is 47.6 Å². The molecule has 2 unspecified atom stereocenters. The Morgan fingerprint density at radius 1 is 1.35 bits per heavy atom. The zero-order valence-corrected chi connectivity index (χ0v) is 13.3. The van der Waals surface area contributed by atoms with E-state index in [4.69, 9.17) is 4.74 Å². The highest BCUT2D eigenvalue weighted by atomic mass is 16.5. The summed E-state index contributed by atoms with van der Waals surface area (Å²) < 4.78 is 5.95. The van der Waals surface area contributed by atoms with E-state index in [1.807, 2.05) is 13.4 Å². The van der Waals surface area contributed by atoms with E-state index in [1.54, 1.807) is 0 Å². The van der Waals surface area contributed by atoms with E-state index in [1.165, 1.54) is 6.42 Å². The fourth-order valence-electron chi connectivity index (χ4n) is 2.14. The summed E-state index contributed by atoms with van der Waals surface area (Å²) in [4.78, 5) is 6.61. The van der Waals surface area contributed by atoms with Gasteiger partial charge in [-0.05, 0) is 62.3 Å². The van der Waals surface area contributed by atoms with Crippen LogP contribution in [0.5, 0.6) is 5.75 Å². The fourth-order valence-corrected chi connectivity index (χ4v) is 2.14. The smallest absolute Gasteiger partial charge is 0.122 e. The van der Waals surface area contributed by atoms with Gasteiger partial charge in [0.05, 0.1) is 18.6 Å². The lowest BCUT2D eigenvalue weighted by molar-refractivity contribution is 0.291. The normalized spacial score (nSPS) is 21.2. The number of nitrogens with zero attached hydrogens (tertiary/aromatic N) is 2. The highest BCUT2D eigenvalue weighted by Crippen LogP contribution is 2.38. The van der Waals surface area contributed by atoms with Crippen LogP contribution in [0, 0.1) is 25.7 Å². The van der Waals surface area contributed by atoms with Crippen molar-refractivity contribution in [3.8, 4) is 5.75 Å². The third kappa shape index (κ3) is 3.75. The van der Waals surface area contributed by atoms with Crippen molar-refractivity contribution in [3.05, 3.63) is 23.3 Å². The van der Waals surface area contributed by atoms with Gasteiger partial charge in [-0.25, -0.2) is 4.99 Å².